The summed E-state index contributed by atoms with van der Waals surface area (Å²) in [5.41, 5.74) is 10.8. The Morgan fingerprint density at radius 3 is 2.20 bits per heavy atom. The molecule has 0 aliphatic rings. The van der Waals surface area contributed by atoms with Crippen LogP contribution in [0.25, 0.3) is 0 Å². The highest BCUT2D eigenvalue weighted by atomic mass is 32.2. The minimum atomic E-state index is -1.45. The summed E-state index contributed by atoms with van der Waals surface area (Å²) >= 11 is 1.55. The first kappa shape index (κ1) is 23.2. The van der Waals surface area contributed by atoms with E-state index in [2.05, 4.69) is 10.6 Å². The van der Waals surface area contributed by atoms with Crippen molar-refractivity contribution in [1.29, 1.82) is 0 Å². The summed E-state index contributed by atoms with van der Waals surface area (Å²) in [6, 6.07) is -3.15. The minimum absolute atomic E-state index is 0.250. The number of aliphatic carboxylic acids is 1. The van der Waals surface area contributed by atoms with E-state index in [1.54, 1.807) is 18.7 Å². The van der Waals surface area contributed by atoms with Gasteiger partial charge in [0.15, 0.2) is 0 Å². The smallest absolute Gasteiger partial charge is 0.326 e. The Hall–Kier alpha value is -1.81. The molecular weight excluding hydrogens is 348 g/mol. The Balaban J connectivity index is 5.06. The van der Waals surface area contributed by atoms with Crippen LogP contribution >= 0.6 is 11.8 Å². The quantitative estimate of drug-likeness (QED) is 0.293. The fourth-order valence-corrected chi connectivity index (χ4v) is 2.49. The highest BCUT2D eigenvalue weighted by molar-refractivity contribution is 7.98. The van der Waals surface area contributed by atoms with Gasteiger partial charge < -0.3 is 27.2 Å². The average Bonchev–Trinajstić information content (AvgIpc) is 2.55. The Labute approximate surface area is 151 Å². The van der Waals surface area contributed by atoms with Gasteiger partial charge in [0, 0.05) is 0 Å². The molecule has 4 atom stereocenters. The summed E-state index contributed by atoms with van der Waals surface area (Å²) in [5.74, 6) is -2.94. The Morgan fingerprint density at radius 2 is 1.76 bits per heavy atom. The maximum atomic E-state index is 12.4. The van der Waals surface area contributed by atoms with E-state index in [1.807, 2.05) is 13.2 Å². The van der Waals surface area contributed by atoms with Crippen LogP contribution in [0.2, 0.25) is 0 Å². The average molecular weight is 376 g/mol. The first-order chi connectivity index (χ1) is 11.6. The van der Waals surface area contributed by atoms with E-state index in [-0.39, 0.29) is 5.92 Å². The van der Waals surface area contributed by atoms with E-state index in [1.165, 1.54) is 0 Å². The van der Waals surface area contributed by atoms with Crippen LogP contribution in [0.15, 0.2) is 0 Å². The highest BCUT2D eigenvalue weighted by Crippen LogP contribution is 2.10. The Kier molecular flexibility index (Phi) is 10.8. The molecule has 9 nitrogen and oxygen atoms in total. The number of carbonyl (C=O) groups is 4. The van der Waals surface area contributed by atoms with Crippen molar-refractivity contribution in [3.63, 3.8) is 0 Å². The number of nitrogens with one attached hydrogen (secondary N) is 2. The van der Waals surface area contributed by atoms with Gasteiger partial charge in [-0.25, -0.2) is 4.79 Å². The van der Waals surface area contributed by atoms with Crippen molar-refractivity contribution in [2.24, 2.45) is 17.4 Å². The van der Waals surface area contributed by atoms with Crippen molar-refractivity contribution in [3.05, 3.63) is 0 Å². The summed E-state index contributed by atoms with van der Waals surface area (Å²) in [7, 11) is 0. The SMILES string of the molecule is CC[C@H](C)[C@H](NC(=O)[C@@H](N)CCSC)C(=O)N[C@@H](CC(N)=O)C(=O)O. The summed E-state index contributed by atoms with van der Waals surface area (Å²) in [6.45, 7) is 3.59. The van der Waals surface area contributed by atoms with Crippen LogP contribution in [0.3, 0.4) is 0 Å². The summed E-state index contributed by atoms with van der Waals surface area (Å²) in [5, 5.41) is 13.9. The Bertz CT molecular complexity index is 489. The largest absolute Gasteiger partial charge is 0.480 e. The van der Waals surface area contributed by atoms with Gasteiger partial charge in [-0.15, -0.1) is 0 Å². The van der Waals surface area contributed by atoms with Crippen molar-refractivity contribution in [1.82, 2.24) is 10.6 Å². The van der Waals surface area contributed by atoms with E-state index in [0.29, 0.717) is 18.6 Å². The van der Waals surface area contributed by atoms with E-state index in [4.69, 9.17) is 16.6 Å². The molecule has 7 N–H and O–H groups in total. The monoisotopic (exact) mass is 376 g/mol. The lowest BCUT2D eigenvalue weighted by molar-refractivity contribution is -0.144. The third-order valence-corrected chi connectivity index (χ3v) is 4.43. The van der Waals surface area contributed by atoms with Gasteiger partial charge in [-0.05, 0) is 24.3 Å². The molecule has 25 heavy (non-hydrogen) atoms. The zero-order valence-electron chi connectivity index (χ0n) is 14.8. The molecule has 0 radical (unpaired) electrons. The van der Waals surface area contributed by atoms with E-state index < -0.39 is 48.2 Å². The van der Waals surface area contributed by atoms with Gasteiger partial charge in [0.1, 0.15) is 12.1 Å². The molecule has 0 rings (SSSR count). The summed E-state index contributed by atoms with van der Waals surface area (Å²) < 4.78 is 0. The molecular formula is C15H28N4O5S. The van der Waals surface area contributed by atoms with Crippen LogP contribution in [0, 0.1) is 5.92 Å². The minimum Gasteiger partial charge on any atom is -0.480 e. The number of hydrogen-bond donors (Lipinski definition) is 5. The first-order valence-corrected chi connectivity index (χ1v) is 9.39. The number of primary amides is 1. The second-order valence-corrected chi connectivity index (χ2v) is 6.82. The van der Waals surface area contributed by atoms with Gasteiger partial charge in [0.05, 0.1) is 12.5 Å². The number of carboxylic acid groups (broad SMARTS) is 1. The van der Waals surface area contributed by atoms with E-state index in [0.717, 1.165) is 0 Å². The topological polar surface area (TPSA) is 165 Å². The van der Waals surface area contributed by atoms with Gasteiger partial charge in [-0.3, -0.25) is 14.4 Å². The van der Waals surface area contributed by atoms with Crippen molar-refractivity contribution < 1.29 is 24.3 Å². The predicted octanol–water partition coefficient (Wildman–Crippen LogP) is -0.957. The lowest BCUT2D eigenvalue weighted by Crippen LogP contribution is -2.57. The van der Waals surface area contributed by atoms with Gasteiger partial charge >= 0.3 is 5.97 Å². The standard InChI is InChI=1S/C15H28N4O5S/c1-4-8(2)12(19-13(21)9(16)5-6-25-3)14(22)18-10(15(23)24)7-11(17)20/h8-10,12H,4-7,16H2,1-3H3,(H2,17,20)(H,18,22)(H,19,21)(H,23,24)/t8-,9-,10-,12-/m0/s1. The molecule has 0 aromatic carbocycles. The number of rotatable bonds is 12. The number of thioether (sulfide) groups is 1. The van der Waals surface area contributed by atoms with E-state index >= 15 is 0 Å². The Morgan fingerprint density at radius 1 is 1.16 bits per heavy atom. The number of nitrogens with two attached hydrogens (primary N) is 2. The highest BCUT2D eigenvalue weighted by Gasteiger charge is 2.31. The molecule has 0 saturated heterocycles. The molecule has 0 aromatic heterocycles. The van der Waals surface area contributed by atoms with Crippen LogP contribution in [0.5, 0.6) is 0 Å². The van der Waals surface area contributed by atoms with Crippen LogP contribution < -0.4 is 22.1 Å². The number of carboxylic acids is 1. The molecule has 3 amide bonds. The maximum absolute atomic E-state index is 12.4. The molecule has 0 fully saturated rings. The maximum Gasteiger partial charge on any atom is 0.326 e. The third-order valence-electron chi connectivity index (χ3n) is 3.78. The van der Waals surface area contributed by atoms with Crippen LogP contribution in [-0.4, -0.2) is 58.9 Å². The lowest BCUT2D eigenvalue weighted by Gasteiger charge is -2.26. The van der Waals surface area contributed by atoms with Crippen LogP contribution in [0.1, 0.15) is 33.1 Å². The second-order valence-electron chi connectivity index (χ2n) is 5.83. The molecule has 0 aliphatic carbocycles. The number of hydrogen-bond acceptors (Lipinski definition) is 6. The van der Waals surface area contributed by atoms with Crippen molar-refractivity contribution in [2.75, 3.05) is 12.0 Å². The molecule has 10 heteroatoms. The van der Waals surface area contributed by atoms with E-state index in [9.17, 15) is 19.2 Å². The molecule has 0 aromatic rings. The number of amides is 3. The molecule has 0 heterocycles. The fourth-order valence-electron chi connectivity index (χ4n) is 2.00. The third kappa shape index (κ3) is 8.73. The summed E-state index contributed by atoms with van der Waals surface area (Å²) in [4.78, 5) is 46.7. The van der Waals surface area contributed by atoms with Gasteiger partial charge in [-0.1, -0.05) is 20.3 Å². The molecule has 0 aliphatic heterocycles. The molecule has 0 bridgehead atoms. The summed E-state index contributed by atoms with van der Waals surface area (Å²) in [6.07, 6.45) is 2.40. The zero-order valence-corrected chi connectivity index (χ0v) is 15.6. The molecule has 144 valence electrons. The van der Waals surface area contributed by atoms with Crippen LogP contribution in [0.4, 0.5) is 0 Å². The zero-order chi connectivity index (χ0) is 19.6. The first-order valence-electron chi connectivity index (χ1n) is 8.00. The van der Waals surface area contributed by atoms with Gasteiger partial charge in [-0.2, -0.15) is 11.8 Å². The van der Waals surface area contributed by atoms with Crippen LogP contribution in [-0.2, 0) is 19.2 Å². The molecule has 0 saturated carbocycles. The number of carbonyl (C=O) groups excluding carboxylic acids is 3. The van der Waals surface area contributed by atoms with Gasteiger partial charge in [0.2, 0.25) is 17.7 Å². The normalized spacial score (nSPS) is 15.5. The molecule has 0 unspecified atom stereocenters. The van der Waals surface area contributed by atoms with Crippen molar-refractivity contribution in [2.45, 2.75) is 51.2 Å². The molecule has 0 spiro atoms. The van der Waals surface area contributed by atoms with Gasteiger partial charge in [0.25, 0.3) is 0 Å². The second kappa shape index (κ2) is 11.7. The van der Waals surface area contributed by atoms with Crippen molar-refractivity contribution in [3.8, 4) is 0 Å². The lowest BCUT2D eigenvalue weighted by atomic mass is 9.97. The fraction of sp³-hybridized carbons (Fsp3) is 0.733. The predicted molar refractivity (Wildman–Crippen MR) is 95.7 cm³/mol. The van der Waals surface area contributed by atoms with Crippen molar-refractivity contribution >= 4 is 35.5 Å².